The highest BCUT2D eigenvalue weighted by atomic mass is 79.9. The first kappa shape index (κ1) is 15.5. The van der Waals surface area contributed by atoms with Gasteiger partial charge in [-0.15, -0.1) is 0 Å². The van der Waals surface area contributed by atoms with Gasteiger partial charge in [0.2, 0.25) is 0 Å². The van der Waals surface area contributed by atoms with Crippen molar-refractivity contribution < 1.29 is 14.3 Å². The number of methoxy groups -OCH3 is 1. The molecule has 1 heterocycles. The zero-order valence-corrected chi connectivity index (χ0v) is 13.7. The van der Waals surface area contributed by atoms with E-state index >= 15 is 0 Å². The minimum Gasteiger partial charge on any atom is -0.465 e. The van der Waals surface area contributed by atoms with E-state index in [2.05, 4.69) is 15.9 Å². The van der Waals surface area contributed by atoms with Gasteiger partial charge in [-0.05, 0) is 37.6 Å². The summed E-state index contributed by atoms with van der Waals surface area (Å²) in [6.07, 6.45) is 1.72. The molecule has 0 spiro atoms. The number of carbonyl (C=O) groups is 2. The van der Waals surface area contributed by atoms with E-state index in [4.69, 9.17) is 4.74 Å². The topological polar surface area (TPSA) is 46.6 Å². The van der Waals surface area contributed by atoms with Crippen molar-refractivity contribution in [1.29, 1.82) is 0 Å². The molecule has 0 aliphatic carbocycles. The molecular formula is C16H16BrNO3. The second-order valence-corrected chi connectivity index (χ2v) is 5.53. The molecule has 0 unspecified atom stereocenters. The van der Waals surface area contributed by atoms with Crippen molar-refractivity contribution in [2.45, 2.75) is 13.8 Å². The van der Waals surface area contributed by atoms with E-state index in [0.29, 0.717) is 23.4 Å². The first-order chi connectivity index (χ1) is 9.99. The zero-order valence-electron chi connectivity index (χ0n) is 12.1. The summed E-state index contributed by atoms with van der Waals surface area (Å²) >= 11 is 3.37. The normalized spacial score (nSPS) is 16.9. The number of allylic oxidation sites excluding steroid dienone is 1. The van der Waals surface area contributed by atoms with Gasteiger partial charge in [0.25, 0.3) is 5.91 Å². The molecule has 21 heavy (non-hydrogen) atoms. The molecule has 0 N–H and O–H groups in total. The van der Waals surface area contributed by atoms with Gasteiger partial charge >= 0.3 is 5.97 Å². The summed E-state index contributed by atoms with van der Waals surface area (Å²) in [5.41, 5.74) is 2.21. The minimum absolute atomic E-state index is 0.168. The summed E-state index contributed by atoms with van der Waals surface area (Å²) in [4.78, 5) is 26.0. The quantitative estimate of drug-likeness (QED) is 0.622. The predicted octanol–water partition coefficient (Wildman–Crippen LogP) is 3.14. The Hall–Kier alpha value is -1.88. The Kier molecular flexibility index (Phi) is 4.63. The molecule has 1 aromatic carbocycles. The molecule has 1 aliphatic heterocycles. The molecule has 5 heteroatoms. The highest BCUT2D eigenvalue weighted by molar-refractivity contribution is 9.10. The number of rotatable bonds is 3. The first-order valence-electron chi connectivity index (χ1n) is 6.58. The number of esters is 1. The van der Waals surface area contributed by atoms with Crippen LogP contribution in [0.5, 0.6) is 0 Å². The van der Waals surface area contributed by atoms with E-state index in [0.717, 1.165) is 10.0 Å². The van der Waals surface area contributed by atoms with Crippen LogP contribution in [0, 0.1) is 0 Å². The van der Waals surface area contributed by atoms with Crippen LogP contribution >= 0.6 is 15.9 Å². The first-order valence-corrected chi connectivity index (χ1v) is 7.37. The lowest BCUT2D eigenvalue weighted by molar-refractivity contribution is -0.136. The fourth-order valence-electron chi connectivity index (χ4n) is 2.33. The molecule has 2 rings (SSSR count). The number of benzene rings is 1. The van der Waals surface area contributed by atoms with Gasteiger partial charge in [0.1, 0.15) is 0 Å². The van der Waals surface area contributed by atoms with E-state index < -0.39 is 5.97 Å². The van der Waals surface area contributed by atoms with E-state index in [1.165, 1.54) is 7.11 Å². The highest BCUT2D eigenvalue weighted by Gasteiger charge is 2.35. The lowest BCUT2D eigenvalue weighted by Gasteiger charge is -2.14. The fourth-order valence-corrected chi connectivity index (χ4v) is 2.60. The second kappa shape index (κ2) is 6.26. The Morgan fingerprint density at radius 2 is 1.95 bits per heavy atom. The molecule has 110 valence electrons. The van der Waals surface area contributed by atoms with Crippen molar-refractivity contribution in [3.8, 4) is 0 Å². The third-order valence-electron chi connectivity index (χ3n) is 3.40. The van der Waals surface area contributed by atoms with Gasteiger partial charge in [-0.2, -0.15) is 0 Å². The number of nitrogens with zero attached hydrogens (tertiary/aromatic N) is 1. The van der Waals surface area contributed by atoms with E-state index in [1.54, 1.807) is 17.9 Å². The van der Waals surface area contributed by atoms with Crippen molar-refractivity contribution in [3.63, 3.8) is 0 Å². The highest BCUT2D eigenvalue weighted by Crippen LogP contribution is 2.31. The number of amides is 1. The second-order valence-electron chi connectivity index (χ2n) is 4.61. The molecule has 0 saturated heterocycles. The number of carbonyl (C=O) groups excluding carboxylic acids is 2. The Balaban J connectivity index is 2.52. The Labute approximate surface area is 132 Å². The molecule has 1 amide bonds. The number of ether oxygens (including phenoxy) is 1. The van der Waals surface area contributed by atoms with Crippen molar-refractivity contribution in [2.24, 2.45) is 0 Å². The lowest BCUT2D eigenvalue weighted by atomic mass is 10.0. The molecule has 0 atom stereocenters. The van der Waals surface area contributed by atoms with Gasteiger partial charge in [-0.25, -0.2) is 4.79 Å². The van der Waals surface area contributed by atoms with Crippen LogP contribution in [0.25, 0.3) is 6.08 Å². The van der Waals surface area contributed by atoms with E-state index in [1.807, 2.05) is 31.2 Å². The van der Waals surface area contributed by atoms with Crippen molar-refractivity contribution in [1.82, 2.24) is 4.90 Å². The summed E-state index contributed by atoms with van der Waals surface area (Å²) in [5, 5.41) is 0. The maximum Gasteiger partial charge on any atom is 0.340 e. The Morgan fingerprint density at radius 1 is 1.33 bits per heavy atom. The van der Waals surface area contributed by atoms with Gasteiger partial charge in [0.05, 0.1) is 18.3 Å². The van der Waals surface area contributed by atoms with Crippen molar-refractivity contribution >= 4 is 33.9 Å². The monoisotopic (exact) mass is 349 g/mol. The molecule has 0 fully saturated rings. The fraction of sp³-hybridized carbons (Fsp3) is 0.250. The van der Waals surface area contributed by atoms with Crippen LogP contribution in [0.4, 0.5) is 0 Å². The van der Waals surface area contributed by atoms with Gasteiger partial charge in [-0.3, -0.25) is 4.79 Å². The van der Waals surface area contributed by atoms with Gasteiger partial charge in [-0.1, -0.05) is 28.1 Å². The lowest BCUT2D eigenvalue weighted by Crippen LogP contribution is -2.24. The largest absolute Gasteiger partial charge is 0.465 e. The zero-order chi connectivity index (χ0) is 15.6. The molecule has 1 aromatic rings. The summed E-state index contributed by atoms with van der Waals surface area (Å²) in [6.45, 7) is 4.15. The molecule has 1 aliphatic rings. The summed E-state index contributed by atoms with van der Waals surface area (Å²) < 4.78 is 5.76. The van der Waals surface area contributed by atoms with Crippen LogP contribution in [0.15, 0.2) is 45.6 Å². The van der Waals surface area contributed by atoms with Crippen LogP contribution in [0.2, 0.25) is 0 Å². The maximum atomic E-state index is 12.4. The summed E-state index contributed by atoms with van der Waals surface area (Å²) in [7, 11) is 1.32. The average molecular weight is 350 g/mol. The SMILES string of the molecule is CCN1C(=O)C(=Cc2ccc(Br)cc2)C(C(=O)OC)=C1C. The van der Waals surface area contributed by atoms with Gasteiger partial charge in [0, 0.05) is 16.7 Å². The molecule has 0 bridgehead atoms. The average Bonchev–Trinajstić information content (AvgIpc) is 2.71. The molecule has 0 saturated carbocycles. The molecule has 0 aromatic heterocycles. The molecule has 4 nitrogen and oxygen atoms in total. The standard InChI is InChI=1S/C16H16BrNO3/c1-4-18-10(2)14(16(20)21-3)13(15(18)19)9-11-5-7-12(17)8-6-11/h5-9H,4H2,1-3H3. The Bertz CT molecular complexity index is 644. The van der Waals surface area contributed by atoms with Crippen LogP contribution in [-0.4, -0.2) is 30.4 Å². The maximum absolute atomic E-state index is 12.4. The van der Waals surface area contributed by atoms with Crippen LogP contribution in [0.3, 0.4) is 0 Å². The van der Waals surface area contributed by atoms with Crippen LogP contribution in [0.1, 0.15) is 19.4 Å². The van der Waals surface area contributed by atoms with Crippen LogP contribution < -0.4 is 0 Å². The number of hydrogen-bond acceptors (Lipinski definition) is 3. The van der Waals surface area contributed by atoms with Gasteiger partial charge in [0.15, 0.2) is 0 Å². The predicted molar refractivity (Wildman–Crippen MR) is 84.2 cm³/mol. The molecular weight excluding hydrogens is 334 g/mol. The third kappa shape index (κ3) is 2.93. The minimum atomic E-state index is -0.486. The molecule has 0 radical (unpaired) electrons. The van der Waals surface area contributed by atoms with Crippen molar-refractivity contribution in [3.05, 3.63) is 51.1 Å². The summed E-state index contributed by atoms with van der Waals surface area (Å²) in [5.74, 6) is -0.654. The smallest absolute Gasteiger partial charge is 0.340 e. The van der Waals surface area contributed by atoms with E-state index in [-0.39, 0.29) is 5.91 Å². The number of likely N-dealkylation sites (N-methyl/N-ethyl adjacent to an activating group) is 1. The van der Waals surface area contributed by atoms with Crippen LogP contribution in [-0.2, 0) is 14.3 Å². The van der Waals surface area contributed by atoms with E-state index in [9.17, 15) is 9.59 Å². The Morgan fingerprint density at radius 3 is 2.48 bits per heavy atom. The summed E-state index contributed by atoms with van der Waals surface area (Å²) in [6, 6.07) is 7.53. The number of hydrogen-bond donors (Lipinski definition) is 0. The van der Waals surface area contributed by atoms with Gasteiger partial charge < -0.3 is 9.64 Å². The van der Waals surface area contributed by atoms with Crippen molar-refractivity contribution in [2.75, 3.05) is 13.7 Å². The third-order valence-corrected chi connectivity index (χ3v) is 3.93. The number of halogens is 1.